The summed E-state index contributed by atoms with van der Waals surface area (Å²) in [5, 5.41) is 3.11. The molecular weight excluding hydrogens is 386 g/mol. The van der Waals surface area contributed by atoms with Gasteiger partial charge in [-0.3, -0.25) is 9.69 Å². The highest BCUT2D eigenvalue weighted by atomic mass is 32.2. The second kappa shape index (κ2) is 8.42. The van der Waals surface area contributed by atoms with E-state index in [1.54, 1.807) is 0 Å². The van der Waals surface area contributed by atoms with Crippen LogP contribution in [0.1, 0.15) is 79.2 Å². The van der Waals surface area contributed by atoms with Crippen LogP contribution in [0.2, 0.25) is 0 Å². The third-order valence-corrected chi connectivity index (χ3v) is 8.88. The van der Waals surface area contributed by atoms with E-state index in [0.717, 1.165) is 37.3 Å². The van der Waals surface area contributed by atoms with Gasteiger partial charge in [-0.1, -0.05) is 25.7 Å². The molecule has 0 bridgehead atoms. The molecule has 2 atom stereocenters. The molecule has 4 rings (SSSR count). The van der Waals surface area contributed by atoms with Crippen molar-refractivity contribution < 1.29 is 13.2 Å². The first-order valence-corrected chi connectivity index (χ1v) is 13.1. The van der Waals surface area contributed by atoms with E-state index in [-0.39, 0.29) is 29.5 Å². The highest BCUT2D eigenvalue weighted by Gasteiger charge is 2.42. The average molecular weight is 422 g/mol. The number of aryl methyl sites for hydroxylation is 1. The molecule has 1 aromatic heterocycles. The van der Waals surface area contributed by atoms with Crippen LogP contribution in [0.4, 0.5) is 0 Å². The minimum absolute atomic E-state index is 0.0568. The molecule has 3 aliphatic rings. The number of likely N-dealkylation sites (tertiary alicyclic amines) is 1. The highest BCUT2D eigenvalue weighted by Crippen LogP contribution is 2.32. The maximum Gasteiger partial charge on any atom is 0.253 e. The lowest BCUT2D eigenvalue weighted by molar-refractivity contribution is 0.0899. The average Bonchev–Trinajstić information content (AvgIpc) is 3.18. The Morgan fingerprint density at radius 2 is 1.66 bits per heavy atom. The minimum atomic E-state index is -3.11. The molecule has 29 heavy (non-hydrogen) atoms. The SMILES string of the molecule is Cc1cc(C(=O)NC2CS(=O)(=O)CC2N2CCCCC2)c(C)n1C1CCCCC1. The van der Waals surface area contributed by atoms with E-state index in [2.05, 4.69) is 21.7 Å². The number of hydrogen-bond donors (Lipinski definition) is 1. The Hall–Kier alpha value is -1.34. The lowest BCUT2D eigenvalue weighted by Gasteiger charge is -2.35. The molecule has 0 radical (unpaired) electrons. The Labute approximate surface area is 174 Å². The van der Waals surface area contributed by atoms with Gasteiger partial charge in [0.15, 0.2) is 9.84 Å². The first-order valence-electron chi connectivity index (χ1n) is 11.3. The van der Waals surface area contributed by atoms with E-state index in [4.69, 9.17) is 0 Å². The van der Waals surface area contributed by atoms with Gasteiger partial charge in [-0.05, 0) is 58.7 Å². The van der Waals surface area contributed by atoms with Crippen LogP contribution >= 0.6 is 0 Å². The Morgan fingerprint density at radius 3 is 2.34 bits per heavy atom. The number of piperidine rings is 1. The van der Waals surface area contributed by atoms with Crippen molar-refractivity contribution in [2.75, 3.05) is 24.6 Å². The van der Waals surface area contributed by atoms with E-state index in [9.17, 15) is 13.2 Å². The largest absolute Gasteiger partial charge is 0.347 e. The lowest BCUT2D eigenvalue weighted by atomic mass is 9.95. The number of aromatic nitrogens is 1. The van der Waals surface area contributed by atoms with Crippen LogP contribution in [0, 0.1) is 13.8 Å². The summed E-state index contributed by atoms with van der Waals surface area (Å²) in [4.78, 5) is 15.5. The summed E-state index contributed by atoms with van der Waals surface area (Å²) in [7, 11) is -3.11. The number of sulfone groups is 1. The van der Waals surface area contributed by atoms with Crippen LogP contribution in [-0.4, -0.2) is 60.5 Å². The van der Waals surface area contributed by atoms with Crippen molar-refractivity contribution in [2.24, 2.45) is 0 Å². The standard InChI is InChI=1S/C22H35N3O3S/c1-16-13-19(17(2)25(16)18-9-5-3-6-10-18)22(26)23-20-14-29(27,28)15-21(20)24-11-7-4-8-12-24/h13,18,20-21H,3-12,14-15H2,1-2H3,(H,23,26). The minimum Gasteiger partial charge on any atom is -0.347 e. The molecule has 1 aromatic rings. The van der Waals surface area contributed by atoms with Gasteiger partial charge in [0.1, 0.15) is 0 Å². The molecule has 0 aromatic carbocycles. The summed E-state index contributed by atoms with van der Waals surface area (Å²) in [6.07, 6.45) is 9.59. The van der Waals surface area contributed by atoms with Crippen molar-refractivity contribution in [3.63, 3.8) is 0 Å². The van der Waals surface area contributed by atoms with Gasteiger partial charge in [0.2, 0.25) is 0 Å². The van der Waals surface area contributed by atoms with Gasteiger partial charge in [0, 0.05) is 23.5 Å². The molecule has 6 nitrogen and oxygen atoms in total. The molecule has 7 heteroatoms. The fourth-order valence-electron chi connectivity index (χ4n) is 5.73. The zero-order valence-electron chi connectivity index (χ0n) is 17.8. The van der Waals surface area contributed by atoms with Crippen molar-refractivity contribution >= 4 is 15.7 Å². The van der Waals surface area contributed by atoms with E-state index in [0.29, 0.717) is 11.6 Å². The molecule has 2 saturated heterocycles. The van der Waals surface area contributed by atoms with E-state index in [1.807, 2.05) is 13.0 Å². The van der Waals surface area contributed by atoms with Crippen molar-refractivity contribution in [1.29, 1.82) is 0 Å². The molecule has 1 N–H and O–H groups in total. The fraction of sp³-hybridized carbons (Fsp3) is 0.773. The van der Waals surface area contributed by atoms with Crippen molar-refractivity contribution in [3.8, 4) is 0 Å². The summed E-state index contributed by atoms with van der Waals surface area (Å²) >= 11 is 0. The van der Waals surface area contributed by atoms with Gasteiger partial charge in [0.25, 0.3) is 5.91 Å². The Morgan fingerprint density at radius 1 is 1.00 bits per heavy atom. The third-order valence-electron chi connectivity index (χ3n) is 7.17. The van der Waals surface area contributed by atoms with Crippen LogP contribution in [0.3, 0.4) is 0 Å². The Balaban J connectivity index is 1.52. The predicted molar refractivity (Wildman–Crippen MR) is 115 cm³/mol. The molecule has 2 unspecified atom stereocenters. The first-order chi connectivity index (χ1) is 13.9. The second-order valence-corrected chi connectivity index (χ2v) is 11.4. The number of nitrogens with zero attached hydrogens (tertiary/aromatic N) is 2. The number of rotatable bonds is 4. The summed E-state index contributed by atoms with van der Waals surface area (Å²) in [5.41, 5.74) is 2.85. The number of carbonyl (C=O) groups excluding carboxylic acids is 1. The van der Waals surface area contributed by atoms with Crippen LogP contribution in [0.5, 0.6) is 0 Å². The molecule has 3 heterocycles. The zero-order chi connectivity index (χ0) is 20.6. The van der Waals surface area contributed by atoms with E-state index in [1.165, 1.54) is 38.5 Å². The maximum absolute atomic E-state index is 13.2. The van der Waals surface area contributed by atoms with E-state index >= 15 is 0 Å². The zero-order valence-corrected chi connectivity index (χ0v) is 18.6. The van der Waals surface area contributed by atoms with Crippen molar-refractivity contribution in [2.45, 2.75) is 83.3 Å². The molecule has 162 valence electrons. The highest BCUT2D eigenvalue weighted by molar-refractivity contribution is 7.91. The summed E-state index contributed by atoms with van der Waals surface area (Å²) in [6, 6.07) is 2.06. The number of nitrogens with one attached hydrogen (secondary N) is 1. The van der Waals surface area contributed by atoms with Gasteiger partial charge < -0.3 is 9.88 Å². The van der Waals surface area contributed by atoms with Crippen molar-refractivity contribution in [1.82, 2.24) is 14.8 Å². The van der Waals surface area contributed by atoms with Gasteiger partial charge in [-0.2, -0.15) is 0 Å². The number of hydrogen-bond acceptors (Lipinski definition) is 4. The monoisotopic (exact) mass is 421 g/mol. The normalized spacial score (nSPS) is 28.5. The molecule has 2 aliphatic heterocycles. The van der Waals surface area contributed by atoms with Crippen LogP contribution in [-0.2, 0) is 9.84 Å². The fourth-order valence-corrected chi connectivity index (χ4v) is 7.68. The topological polar surface area (TPSA) is 71.4 Å². The summed E-state index contributed by atoms with van der Waals surface area (Å²) in [6.45, 7) is 5.98. The van der Waals surface area contributed by atoms with Gasteiger partial charge >= 0.3 is 0 Å². The summed E-state index contributed by atoms with van der Waals surface area (Å²) in [5.74, 6) is 0.101. The van der Waals surface area contributed by atoms with Gasteiger partial charge in [-0.15, -0.1) is 0 Å². The molecule has 3 fully saturated rings. The van der Waals surface area contributed by atoms with Crippen molar-refractivity contribution in [3.05, 3.63) is 23.0 Å². The Bertz CT molecular complexity index is 849. The smallest absolute Gasteiger partial charge is 0.253 e. The predicted octanol–water partition coefficient (Wildman–Crippen LogP) is 2.99. The molecule has 1 aliphatic carbocycles. The molecule has 0 spiro atoms. The maximum atomic E-state index is 13.2. The number of carbonyl (C=O) groups is 1. The summed E-state index contributed by atoms with van der Waals surface area (Å²) < 4.78 is 27.1. The molecular formula is C22H35N3O3S. The number of amides is 1. The second-order valence-electron chi connectivity index (χ2n) is 9.27. The quantitative estimate of drug-likeness (QED) is 0.811. The molecule has 1 amide bonds. The molecule has 1 saturated carbocycles. The third kappa shape index (κ3) is 4.41. The van der Waals surface area contributed by atoms with E-state index < -0.39 is 9.84 Å². The van der Waals surface area contributed by atoms with Crippen LogP contribution in [0.15, 0.2) is 6.07 Å². The Kier molecular flexibility index (Phi) is 6.07. The van der Waals surface area contributed by atoms with Gasteiger partial charge in [-0.25, -0.2) is 8.42 Å². The lowest BCUT2D eigenvalue weighted by Crippen LogP contribution is -2.52. The first kappa shape index (κ1) is 20.9. The van der Waals surface area contributed by atoms with Crippen LogP contribution < -0.4 is 5.32 Å². The van der Waals surface area contributed by atoms with Gasteiger partial charge in [0.05, 0.1) is 23.1 Å². The van der Waals surface area contributed by atoms with Crippen LogP contribution in [0.25, 0.3) is 0 Å².